The van der Waals surface area contributed by atoms with Crippen molar-refractivity contribution in [2.45, 2.75) is 6.04 Å². The van der Waals surface area contributed by atoms with Gasteiger partial charge in [-0.2, -0.15) is 28.2 Å². The highest BCUT2D eigenvalue weighted by Gasteiger charge is 2.29. The summed E-state index contributed by atoms with van der Waals surface area (Å²) in [5.74, 6) is 2.09. The molecule has 4 nitrogen and oxygen atoms in total. The zero-order chi connectivity index (χ0) is 13.2. The highest BCUT2D eigenvalue weighted by atomic mass is 32.2. The predicted molar refractivity (Wildman–Crippen MR) is 78.6 cm³/mol. The van der Waals surface area contributed by atoms with Gasteiger partial charge in [0.15, 0.2) is 0 Å². The molecule has 0 saturated carbocycles. The molecule has 1 aliphatic rings. The molecular formula is C13H15N3OS2. The average molecular weight is 293 g/mol. The molecule has 0 N–H and O–H groups in total. The predicted octanol–water partition coefficient (Wildman–Crippen LogP) is 2.41. The largest absolute Gasteiger partial charge is 0.330 e. The molecule has 1 aliphatic heterocycles. The van der Waals surface area contributed by atoms with Gasteiger partial charge in [-0.25, -0.2) is 0 Å². The molecule has 19 heavy (non-hydrogen) atoms. The van der Waals surface area contributed by atoms with Crippen LogP contribution in [0.5, 0.6) is 0 Å². The Hall–Kier alpha value is -1.27. The Labute approximate surface area is 120 Å². The van der Waals surface area contributed by atoms with Crippen LogP contribution in [0.1, 0.15) is 22.0 Å². The first kappa shape index (κ1) is 12.7. The fourth-order valence-corrected chi connectivity index (χ4v) is 4.00. The molecule has 3 heterocycles. The van der Waals surface area contributed by atoms with Gasteiger partial charge in [-0.05, 0) is 11.4 Å². The van der Waals surface area contributed by atoms with Crippen LogP contribution in [0.2, 0.25) is 0 Å². The molecule has 1 saturated heterocycles. The summed E-state index contributed by atoms with van der Waals surface area (Å²) in [6.07, 6.45) is 3.87. The van der Waals surface area contributed by atoms with E-state index in [9.17, 15) is 4.79 Å². The Morgan fingerprint density at radius 3 is 3.11 bits per heavy atom. The van der Waals surface area contributed by atoms with E-state index in [0.29, 0.717) is 0 Å². The second kappa shape index (κ2) is 5.38. The number of aromatic nitrogens is 2. The number of amides is 1. The van der Waals surface area contributed by atoms with Crippen molar-refractivity contribution in [2.75, 3.05) is 18.1 Å². The van der Waals surface area contributed by atoms with Crippen LogP contribution in [-0.4, -0.2) is 38.6 Å². The van der Waals surface area contributed by atoms with Crippen molar-refractivity contribution in [1.82, 2.24) is 14.7 Å². The van der Waals surface area contributed by atoms with Gasteiger partial charge in [0.1, 0.15) is 0 Å². The summed E-state index contributed by atoms with van der Waals surface area (Å²) in [5.41, 5.74) is 1.92. The van der Waals surface area contributed by atoms with E-state index in [2.05, 4.69) is 5.10 Å². The van der Waals surface area contributed by atoms with Gasteiger partial charge in [0.2, 0.25) is 0 Å². The van der Waals surface area contributed by atoms with E-state index in [1.165, 1.54) is 0 Å². The third-order valence-corrected chi connectivity index (χ3v) is 4.97. The first-order valence-corrected chi connectivity index (χ1v) is 8.25. The third kappa shape index (κ3) is 2.55. The number of thioether (sulfide) groups is 1. The van der Waals surface area contributed by atoms with Crippen molar-refractivity contribution < 1.29 is 4.79 Å². The van der Waals surface area contributed by atoms with Gasteiger partial charge in [0.25, 0.3) is 5.91 Å². The summed E-state index contributed by atoms with van der Waals surface area (Å²) in [4.78, 5) is 14.5. The highest BCUT2D eigenvalue weighted by molar-refractivity contribution is 7.99. The van der Waals surface area contributed by atoms with E-state index in [0.717, 1.165) is 29.2 Å². The molecule has 1 unspecified atom stereocenters. The Morgan fingerprint density at radius 1 is 1.53 bits per heavy atom. The minimum Gasteiger partial charge on any atom is -0.330 e. The lowest BCUT2D eigenvalue weighted by molar-refractivity contribution is 0.0702. The SMILES string of the molecule is Cn1cc(C2CSCCN2C(=O)c2ccsc2)cn1. The molecule has 6 heteroatoms. The first-order chi connectivity index (χ1) is 9.25. The molecule has 1 amide bonds. The van der Waals surface area contributed by atoms with Gasteiger partial charge in [0.05, 0.1) is 17.8 Å². The minimum atomic E-state index is 0.135. The summed E-state index contributed by atoms with van der Waals surface area (Å²) < 4.78 is 1.79. The molecule has 3 rings (SSSR count). The van der Waals surface area contributed by atoms with E-state index < -0.39 is 0 Å². The average Bonchev–Trinajstić information content (AvgIpc) is 3.09. The Morgan fingerprint density at radius 2 is 2.42 bits per heavy atom. The van der Waals surface area contributed by atoms with E-state index in [4.69, 9.17) is 0 Å². The molecule has 2 aromatic heterocycles. The van der Waals surface area contributed by atoms with Crippen LogP contribution in [0.3, 0.4) is 0 Å². The number of rotatable bonds is 2. The maximum atomic E-state index is 12.5. The quantitative estimate of drug-likeness (QED) is 0.853. The van der Waals surface area contributed by atoms with E-state index in [-0.39, 0.29) is 11.9 Å². The lowest BCUT2D eigenvalue weighted by Crippen LogP contribution is -2.40. The molecule has 0 aliphatic carbocycles. The smallest absolute Gasteiger partial charge is 0.255 e. The van der Waals surface area contributed by atoms with E-state index in [1.807, 2.05) is 52.9 Å². The number of nitrogens with zero attached hydrogens (tertiary/aromatic N) is 3. The summed E-state index contributed by atoms with van der Waals surface area (Å²) in [6, 6.07) is 2.04. The number of carbonyl (C=O) groups excluding carboxylic acids is 1. The van der Waals surface area contributed by atoms with Crippen molar-refractivity contribution in [3.8, 4) is 0 Å². The molecule has 0 bridgehead atoms. The van der Waals surface area contributed by atoms with Crippen LogP contribution in [-0.2, 0) is 7.05 Å². The zero-order valence-corrected chi connectivity index (χ0v) is 12.3. The molecular weight excluding hydrogens is 278 g/mol. The topological polar surface area (TPSA) is 38.1 Å². The van der Waals surface area contributed by atoms with Crippen LogP contribution >= 0.6 is 23.1 Å². The molecule has 1 fully saturated rings. The maximum Gasteiger partial charge on any atom is 0.255 e. The summed E-state index contributed by atoms with van der Waals surface area (Å²) >= 11 is 3.46. The first-order valence-electron chi connectivity index (χ1n) is 6.15. The summed E-state index contributed by atoms with van der Waals surface area (Å²) in [7, 11) is 1.91. The molecule has 0 spiro atoms. The van der Waals surface area contributed by atoms with Crippen LogP contribution < -0.4 is 0 Å². The van der Waals surface area contributed by atoms with Gasteiger partial charge in [-0.15, -0.1) is 0 Å². The third-order valence-electron chi connectivity index (χ3n) is 3.27. The Bertz CT molecular complexity index is 564. The molecule has 0 aromatic carbocycles. The van der Waals surface area contributed by atoms with Crippen LogP contribution in [0.25, 0.3) is 0 Å². The van der Waals surface area contributed by atoms with E-state index >= 15 is 0 Å². The number of hydrogen-bond acceptors (Lipinski definition) is 4. The number of aryl methyl sites for hydroxylation is 1. The van der Waals surface area contributed by atoms with Crippen molar-refractivity contribution >= 4 is 29.0 Å². The number of thiophene rings is 1. The monoisotopic (exact) mass is 293 g/mol. The van der Waals surface area contributed by atoms with Crippen LogP contribution in [0.15, 0.2) is 29.2 Å². The summed E-state index contributed by atoms with van der Waals surface area (Å²) in [6.45, 7) is 0.804. The molecule has 100 valence electrons. The number of hydrogen-bond donors (Lipinski definition) is 0. The van der Waals surface area contributed by atoms with Crippen LogP contribution in [0, 0.1) is 0 Å². The lowest BCUT2D eigenvalue weighted by Gasteiger charge is -2.34. The highest BCUT2D eigenvalue weighted by Crippen LogP contribution is 2.30. The fraction of sp³-hybridized carbons (Fsp3) is 0.385. The molecule has 1 atom stereocenters. The molecule has 2 aromatic rings. The minimum absolute atomic E-state index is 0.135. The normalized spacial score (nSPS) is 19.6. The van der Waals surface area contributed by atoms with E-state index in [1.54, 1.807) is 16.0 Å². The standard InChI is InChI=1S/C13H15N3OS2/c1-15-7-11(6-14-15)12-9-19-5-3-16(12)13(17)10-2-4-18-8-10/h2,4,6-8,12H,3,5,9H2,1H3. The fourth-order valence-electron chi connectivity index (χ4n) is 2.29. The Kier molecular flexibility index (Phi) is 3.61. The van der Waals surface area contributed by atoms with Crippen molar-refractivity contribution in [3.63, 3.8) is 0 Å². The molecule has 0 radical (unpaired) electrons. The Balaban J connectivity index is 1.87. The number of carbonyl (C=O) groups is 1. The van der Waals surface area contributed by atoms with Crippen LogP contribution in [0.4, 0.5) is 0 Å². The van der Waals surface area contributed by atoms with Gasteiger partial charge in [0, 0.05) is 42.2 Å². The van der Waals surface area contributed by atoms with Crippen molar-refractivity contribution in [3.05, 3.63) is 40.3 Å². The van der Waals surface area contributed by atoms with Gasteiger partial charge in [-0.1, -0.05) is 0 Å². The van der Waals surface area contributed by atoms with Gasteiger partial charge < -0.3 is 4.90 Å². The summed E-state index contributed by atoms with van der Waals surface area (Å²) in [5, 5.41) is 8.09. The van der Waals surface area contributed by atoms with Crippen molar-refractivity contribution in [1.29, 1.82) is 0 Å². The maximum absolute atomic E-state index is 12.5. The second-order valence-electron chi connectivity index (χ2n) is 4.55. The lowest BCUT2D eigenvalue weighted by atomic mass is 10.1. The van der Waals surface area contributed by atoms with Gasteiger partial charge >= 0.3 is 0 Å². The zero-order valence-electron chi connectivity index (χ0n) is 10.7. The van der Waals surface area contributed by atoms with Gasteiger partial charge in [-0.3, -0.25) is 9.48 Å². The van der Waals surface area contributed by atoms with Crippen molar-refractivity contribution in [2.24, 2.45) is 7.05 Å². The second-order valence-corrected chi connectivity index (χ2v) is 6.48.